The van der Waals surface area contributed by atoms with Gasteiger partial charge in [-0.25, -0.2) is 0 Å². The van der Waals surface area contributed by atoms with Gasteiger partial charge in [-0.3, -0.25) is 9.59 Å². The van der Waals surface area contributed by atoms with E-state index in [1.807, 2.05) is 12.1 Å². The summed E-state index contributed by atoms with van der Waals surface area (Å²) in [4.78, 5) is 25.3. The Kier molecular flexibility index (Phi) is 3.08. The fourth-order valence-electron chi connectivity index (χ4n) is 3.63. The fraction of sp³-hybridized carbons (Fsp3) is 0.222. The fourth-order valence-corrected chi connectivity index (χ4v) is 3.81. The Balaban J connectivity index is 1.82. The standard InChI is InChI=1S/C18H14ClNO3/c19-11-6-8-13-15(9-11)20-17(22)18(13,23)14-7-5-10-3-1-2-4-12(10)16(14)21/h1-4,6,8-9,14,23H,5,7H2,(H,20,22)/t14-,18-/m0/s1. The Morgan fingerprint density at radius 2 is 1.96 bits per heavy atom. The SMILES string of the molecule is O=C1c2ccccc2CC[C@@H]1[C@]1(O)C(=O)Nc2cc(Cl)ccc21. The van der Waals surface area contributed by atoms with Crippen molar-refractivity contribution >= 4 is 29.0 Å². The molecule has 0 aromatic heterocycles. The molecule has 2 aliphatic rings. The summed E-state index contributed by atoms with van der Waals surface area (Å²) in [6.07, 6.45) is 1.09. The third-order valence-corrected chi connectivity index (χ3v) is 5.03. The van der Waals surface area contributed by atoms with Crippen LogP contribution in [0.3, 0.4) is 0 Å². The molecule has 4 nitrogen and oxygen atoms in total. The maximum absolute atomic E-state index is 12.9. The highest BCUT2D eigenvalue weighted by molar-refractivity contribution is 6.31. The van der Waals surface area contributed by atoms with E-state index in [0.29, 0.717) is 34.7 Å². The molecule has 0 saturated heterocycles. The van der Waals surface area contributed by atoms with E-state index < -0.39 is 17.4 Å². The first-order chi connectivity index (χ1) is 11.0. The van der Waals surface area contributed by atoms with Gasteiger partial charge >= 0.3 is 0 Å². The van der Waals surface area contributed by atoms with Crippen LogP contribution in [0.1, 0.15) is 27.9 Å². The number of hydrogen-bond donors (Lipinski definition) is 2. The summed E-state index contributed by atoms with van der Waals surface area (Å²) in [6.45, 7) is 0. The minimum atomic E-state index is -1.84. The molecule has 0 bridgehead atoms. The first-order valence-corrected chi connectivity index (χ1v) is 7.85. The number of halogens is 1. The van der Waals surface area contributed by atoms with Crippen molar-refractivity contribution in [2.45, 2.75) is 18.4 Å². The normalized spacial score (nSPS) is 25.7. The van der Waals surface area contributed by atoms with Gasteiger partial charge in [-0.15, -0.1) is 0 Å². The summed E-state index contributed by atoms with van der Waals surface area (Å²) in [5.41, 5.74) is 0.602. The summed E-state index contributed by atoms with van der Waals surface area (Å²) in [5, 5.41) is 14.3. The molecule has 0 unspecified atom stereocenters. The number of nitrogens with one attached hydrogen (secondary N) is 1. The number of Topliss-reactive ketones (excluding diaryl/α,β-unsaturated/α-hetero) is 1. The molecule has 23 heavy (non-hydrogen) atoms. The van der Waals surface area contributed by atoms with Gasteiger partial charge in [0, 0.05) is 21.8 Å². The summed E-state index contributed by atoms with van der Waals surface area (Å²) in [5.74, 6) is -1.54. The van der Waals surface area contributed by atoms with Gasteiger partial charge in [-0.1, -0.05) is 41.9 Å². The lowest BCUT2D eigenvalue weighted by Crippen LogP contribution is -2.47. The summed E-state index contributed by atoms with van der Waals surface area (Å²) in [7, 11) is 0. The predicted molar refractivity (Wildman–Crippen MR) is 86.6 cm³/mol. The highest BCUT2D eigenvalue weighted by Gasteiger charge is 2.54. The van der Waals surface area contributed by atoms with Gasteiger partial charge in [-0.05, 0) is 30.5 Å². The smallest absolute Gasteiger partial charge is 0.261 e. The van der Waals surface area contributed by atoms with Crippen LogP contribution in [0.4, 0.5) is 5.69 Å². The largest absolute Gasteiger partial charge is 0.375 e. The number of ketones is 1. The van der Waals surface area contributed by atoms with Crippen LogP contribution in [0.15, 0.2) is 42.5 Å². The lowest BCUT2D eigenvalue weighted by atomic mass is 9.71. The number of carbonyl (C=O) groups is 2. The zero-order chi connectivity index (χ0) is 16.2. The average Bonchev–Trinajstić information content (AvgIpc) is 2.79. The van der Waals surface area contributed by atoms with E-state index in [1.165, 1.54) is 0 Å². The maximum atomic E-state index is 12.9. The summed E-state index contributed by atoms with van der Waals surface area (Å²) in [6, 6.07) is 12.2. The molecule has 2 aromatic carbocycles. The quantitative estimate of drug-likeness (QED) is 0.846. The topological polar surface area (TPSA) is 66.4 Å². The second-order valence-electron chi connectivity index (χ2n) is 6.02. The zero-order valence-electron chi connectivity index (χ0n) is 12.2. The number of amides is 1. The van der Waals surface area contributed by atoms with Crippen LogP contribution >= 0.6 is 11.6 Å². The number of hydrogen-bond acceptors (Lipinski definition) is 3. The first kappa shape index (κ1) is 14.4. The van der Waals surface area contributed by atoms with Gasteiger partial charge in [0.25, 0.3) is 5.91 Å². The molecule has 0 fully saturated rings. The number of rotatable bonds is 1. The Labute approximate surface area is 138 Å². The van der Waals surface area contributed by atoms with E-state index >= 15 is 0 Å². The zero-order valence-corrected chi connectivity index (χ0v) is 12.9. The molecular formula is C18H14ClNO3. The van der Waals surface area contributed by atoms with E-state index in [2.05, 4.69) is 5.32 Å². The van der Waals surface area contributed by atoms with Crippen LogP contribution in [-0.2, 0) is 16.8 Å². The van der Waals surface area contributed by atoms with Crippen molar-refractivity contribution in [2.75, 3.05) is 5.32 Å². The van der Waals surface area contributed by atoms with Gasteiger partial charge in [0.1, 0.15) is 0 Å². The number of aliphatic hydroxyl groups is 1. The van der Waals surface area contributed by atoms with Crippen molar-refractivity contribution in [3.8, 4) is 0 Å². The average molecular weight is 328 g/mol. The van der Waals surface area contributed by atoms with Gasteiger partial charge in [0.2, 0.25) is 0 Å². The predicted octanol–water partition coefficient (Wildman–Crippen LogP) is 2.93. The maximum Gasteiger partial charge on any atom is 0.261 e. The van der Waals surface area contributed by atoms with E-state index in [9.17, 15) is 14.7 Å². The molecule has 1 amide bonds. The summed E-state index contributed by atoms with van der Waals surface area (Å²) < 4.78 is 0. The number of aryl methyl sites for hydroxylation is 1. The molecule has 0 spiro atoms. The number of carbonyl (C=O) groups excluding carboxylic acids is 2. The number of benzene rings is 2. The van der Waals surface area contributed by atoms with Gasteiger partial charge < -0.3 is 10.4 Å². The molecule has 4 rings (SSSR count). The highest BCUT2D eigenvalue weighted by Crippen LogP contribution is 2.46. The second kappa shape index (κ2) is 4.91. The Morgan fingerprint density at radius 1 is 1.17 bits per heavy atom. The molecule has 116 valence electrons. The van der Waals surface area contributed by atoms with Crippen LogP contribution in [0.25, 0.3) is 0 Å². The van der Waals surface area contributed by atoms with Crippen molar-refractivity contribution in [1.29, 1.82) is 0 Å². The molecule has 1 heterocycles. The van der Waals surface area contributed by atoms with E-state index in [-0.39, 0.29) is 5.78 Å². The van der Waals surface area contributed by atoms with Gasteiger partial charge in [0.15, 0.2) is 11.4 Å². The molecule has 2 atom stereocenters. The Bertz CT molecular complexity index is 848. The molecule has 0 radical (unpaired) electrons. The molecule has 0 saturated carbocycles. The lowest BCUT2D eigenvalue weighted by molar-refractivity contribution is -0.138. The number of fused-ring (bicyclic) bond motifs is 2. The second-order valence-corrected chi connectivity index (χ2v) is 6.46. The molecule has 2 aromatic rings. The molecule has 1 aliphatic heterocycles. The summed E-state index contributed by atoms with van der Waals surface area (Å²) >= 11 is 5.95. The van der Waals surface area contributed by atoms with E-state index in [1.54, 1.807) is 30.3 Å². The van der Waals surface area contributed by atoms with Crippen molar-refractivity contribution in [2.24, 2.45) is 5.92 Å². The third kappa shape index (κ3) is 1.95. The first-order valence-electron chi connectivity index (χ1n) is 7.48. The van der Waals surface area contributed by atoms with Crippen molar-refractivity contribution in [3.05, 3.63) is 64.2 Å². The van der Waals surface area contributed by atoms with Crippen LogP contribution < -0.4 is 5.32 Å². The molecule has 1 aliphatic carbocycles. The molecular weight excluding hydrogens is 314 g/mol. The lowest BCUT2D eigenvalue weighted by Gasteiger charge is -2.33. The van der Waals surface area contributed by atoms with Crippen molar-refractivity contribution in [1.82, 2.24) is 0 Å². The van der Waals surface area contributed by atoms with Crippen LogP contribution in [0, 0.1) is 5.92 Å². The Hall–Kier alpha value is -2.17. The highest BCUT2D eigenvalue weighted by atomic mass is 35.5. The molecule has 5 heteroatoms. The third-order valence-electron chi connectivity index (χ3n) is 4.79. The Morgan fingerprint density at radius 3 is 2.78 bits per heavy atom. The minimum absolute atomic E-state index is 0.188. The van der Waals surface area contributed by atoms with E-state index in [0.717, 1.165) is 5.56 Å². The van der Waals surface area contributed by atoms with Crippen molar-refractivity contribution < 1.29 is 14.7 Å². The van der Waals surface area contributed by atoms with Crippen LogP contribution in [-0.4, -0.2) is 16.8 Å². The van der Waals surface area contributed by atoms with Crippen molar-refractivity contribution in [3.63, 3.8) is 0 Å². The number of anilines is 1. The van der Waals surface area contributed by atoms with Gasteiger partial charge in [0.05, 0.1) is 5.92 Å². The minimum Gasteiger partial charge on any atom is -0.375 e. The van der Waals surface area contributed by atoms with E-state index in [4.69, 9.17) is 11.6 Å². The van der Waals surface area contributed by atoms with Gasteiger partial charge in [-0.2, -0.15) is 0 Å². The molecule has 2 N–H and O–H groups in total. The van der Waals surface area contributed by atoms with Crippen LogP contribution in [0.2, 0.25) is 5.02 Å². The monoisotopic (exact) mass is 327 g/mol. The van der Waals surface area contributed by atoms with Crippen LogP contribution in [0.5, 0.6) is 0 Å².